The highest BCUT2D eigenvalue weighted by Crippen LogP contribution is 2.29. The lowest BCUT2D eigenvalue weighted by Gasteiger charge is -2.26. The molecule has 0 radical (unpaired) electrons. The summed E-state index contributed by atoms with van der Waals surface area (Å²) >= 11 is 0. The van der Waals surface area contributed by atoms with Crippen LogP contribution < -0.4 is 21.3 Å². The average Bonchev–Trinajstić information content (AvgIpc) is 3.22. The molecule has 2 aromatic carbocycles. The second-order valence-electron chi connectivity index (χ2n) is 8.98. The topological polar surface area (TPSA) is 146 Å². The number of carbonyl (C=O) groups excluding carboxylic acids is 3. The summed E-state index contributed by atoms with van der Waals surface area (Å²) in [5, 5.41) is 14.5. The minimum absolute atomic E-state index is 0.0352. The number of imidazole rings is 1. The van der Waals surface area contributed by atoms with E-state index in [4.69, 9.17) is 11.0 Å². The van der Waals surface area contributed by atoms with E-state index in [1.54, 1.807) is 46.8 Å². The van der Waals surface area contributed by atoms with Crippen LogP contribution in [0.15, 0.2) is 42.5 Å². The molecule has 1 saturated carbocycles. The van der Waals surface area contributed by atoms with Gasteiger partial charge in [0.1, 0.15) is 0 Å². The number of nitriles is 1. The lowest BCUT2D eigenvalue weighted by molar-refractivity contribution is -0.123. The summed E-state index contributed by atoms with van der Waals surface area (Å²) in [5.74, 6) is -0.110. The van der Waals surface area contributed by atoms with Crippen molar-refractivity contribution in [2.75, 3.05) is 22.6 Å². The summed E-state index contributed by atoms with van der Waals surface area (Å²) < 4.78 is 1.71. The van der Waals surface area contributed by atoms with Crippen LogP contribution in [-0.4, -0.2) is 34.4 Å². The number of hydrogen-bond donors (Lipinski definition) is 3. The summed E-state index contributed by atoms with van der Waals surface area (Å²) in [6.45, 7) is 0.224. The molecule has 36 heavy (non-hydrogen) atoms. The molecule has 0 bridgehead atoms. The van der Waals surface area contributed by atoms with Gasteiger partial charge in [0.2, 0.25) is 17.8 Å². The third-order valence-corrected chi connectivity index (χ3v) is 6.46. The summed E-state index contributed by atoms with van der Waals surface area (Å²) in [5.41, 5.74) is 8.21. The first kappa shape index (κ1) is 24.7. The average molecular weight is 488 g/mol. The number of carbonyl (C=O) groups is 3. The maximum Gasteiger partial charge on any atom is 0.326 e. The molecule has 0 spiro atoms. The summed E-state index contributed by atoms with van der Waals surface area (Å²) in [7, 11) is 1.77. The molecule has 1 fully saturated rings. The molecule has 186 valence electrons. The zero-order chi connectivity index (χ0) is 25.7. The van der Waals surface area contributed by atoms with Gasteiger partial charge in [0.05, 0.1) is 22.7 Å². The van der Waals surface area contributed by atoms with Crippen LogP contribution in [0.1, 0.15) is 44.1 Å². The van der Waals surface area contributed by atoms with Crippen molar-refractivity contribution in [3.05, 3.63) is 48.0 Å². The highest BCUT2D eigenvalue weighted by atomic mass is 16.2. The molecule has 3 aromatic rings. The zero-order valence-electron chi connectivity index (χ0n) is 20.2. The van der Waals surface area contributed by atoms with Crippen LogP contribution in [0.25, 0.3) is 11.0 Å². The van der Waals surface area contributed by atoms with E-state index < -0.39 is 11.9 Å². The lowest BCUT2D eigenvalue weighted by atomic mass is 9.88. The molecule has 1 aromatic heterocycles. The second kappa shape index (κ2) is 10.9. The maximum atomic E-state index is 13.0. The van der Waals surface area contributed by atoms with Crippen molar-refractivity contribution in [3.63, 3.8) is 0 Å². The highest BCUT2D eigenvalue weighted by Gasteiger charge is 2.25. The Morgan fingerprint density at radius 1 is 1.14 bits per heavy atom. The number of fused-ring (bicyclic) bond motifs is 1. The van der Waals surface area contributed by atoms with E-state index >= 15 is 0 Å². The standard InChI is InChI=1S/C26H29N7O3/c1-32(24(35)18-7-3-2-4-8-18)20-10-11-22-21(15-20)30-25(33(22)13-12-23(28)34)31-26(36)29-19-9-5-6-17(14-19)16-27/h5-6,9-11,14-15,18H,2-4,7-8,12-13H2,1H3,(H2,28,34)(H2,29,30,31,36). The molecule has 0 saturated heterocycles. The molecule has 1 aliphatic carbocycles. The maximum absolute atomic E-state index is 13.0. The summed E-state index contributed by atoms with van der Waals surface area (Å²) in [4.78, 5) is 43.4. The number of nitrogens with zero attached hydrogens (tertiary/aromatic N) is 4. The Bertz CT molecular complexity index is 1340. The van der Waals surface area contributed by atoms with Crippen LogP contribution in [0.2, 0.25) is 0 Å². The summed E-state index contributed by atoms with van der Waals surface area (Å²) in [6.07, 6.45) is 5.21. The predicted octanol–water partition coefficient (Wildman–Crippen LogP) is 3.97. The molecular formula is C26H29N7O3. The summed E-state index contributed by atoms with van der Waals surface area (Å²) in [6, 6.07) is 13.5. The first-order chi connectivity index (χ1) is 17.4. The minimum Gasteiger partial charge on any atom is -0.370 e. The second-order valence-corrected chi connectivity index (χ2v) is 8.98. The van der Waals surface area contributed by atoms with E-state index in [0.717, 1.165) is 25.7 Å². The van der Waals surface area contributed by atoms with Gasteiger partial charge in [-0.15, -0.1) is 0 Å². The number of anilines is 3. The first-order valence-electron chi connectivity index (χ1n) is 12.0. The van der Waals surface area contributed by atoms with E-state index in [-0.39, 0.29) is 30.7 Å². The molecule has 0 aliphatic heterocycles. The number of nitrogens with one attached hydrogen (secondary N) is 2. The number of amides is 4. The zero-order valence-corrected chi connectivity index (χ0v) is 20.2. The van der Waals surface area contributed by atoms with Gasteiger partial charge in [0.25, 0.3) is 0 Å². The van der Waals surface area contributed by atoms with Gasteiger partial charge in [0, 0.05) is 37.3 Å². The van der Waals surface area contributed by atoms with Gasteiger partial charge in [-0.1, -0.05) is 25.3 Å². The van der Waals surface area contributed by atoms with Gasteiger partial charge in [0.15, 0.2) is 0 Å². The van der Waals surface area contributed by atoms with E-state index in [2.05, 4.69) is 15.6 Å². The molecule has 1 aliphatic rings. The SMILES string of the molecule is CN(C(=O)C1CCCCC1)c1ccc2c(c1)nc(NC(=O)Nc1cccc(C#N)c1)n2CCC(N)=O. The number of hydrogen-bond acceptors (Lipinski definition) is 5. The van der Waals surface area contributed by atoms with Crippen LogP contribution >= 0.6 is 0 Å². The van der Waals surface area contributed by atoms with Crippen LogP contribution in [0.5, 0.6) is 0 Å². The van der Waals surface area contributed by atoms with Gasteiger partial charge >= 0.3 is 6.03 Å². The Labute approximate surface area is 209 Å². The molecular weight excluding hydrogens is 458 g/mol. The largest absolute Gasteiger partial charge is 0.370 e. The number of benzene rings is 2. The fraction of sp³-hybridized carbons (Fsp3) is 0.346. The Morgan fingerprint density at radius 3 is 2.64 bits per heavy atom. The van der Waals surface area contributed by atoms with Crippen molar-refractivity contribution in [3.8, 4) is 6.07 Å². The van der Waals surface area contributed by atoms with Crippen molar-refractivity contribution >= 4 is 46.2 Å². The molecule has 4 N–H and O–H groups in total. The molecule has 10 heteroatoms. The molecule has 1 heterocycles. The molecule has 10 nitrogen and oxygen atoms in total. The van der Waals surface area contributed by atoms with Crippen molar-refractivity contribution in [2.45, 2.75) is 45.1 Å². The number of aromatic nitrogens is 2. The molecule has 4 rings (SSSR count). The van der Waals surface area contributed by atoms with Crippen molar-refractivity contribution < 1.29 is 14.4 Å². The fourth-order valence-electron chi connectivity index (χ4n) is 4.55. The number of primary amides is 1. The van der Waals surface area contributed by atoms with Crippen molar-refractivity contribution in [1.82, 2.24) is 9.55 Å². The van der Waals surface area contributed by atoms with Gasteiger partial charge in [-0.3, -0.25) is 14.9 Å². The van der Waals surface area contributed by atoms with Crippen LogP contribution in [0.4, 0.5) is 22.1 Å². The first-order valence-corrected chi connectivity index (χ1v) is 12.0. The van der Waals surface area contributed by atoms with Crippen molar-refractivity contribution in [2.24, 2.45) is 11.7 Å². The fourth-order valence-corrected chi connectivity index (χ4v) is 4.55. The Morgan fingerprint density at radius 2 is 1.92 bits per heavy atom. The monoisotopic (exact) mass is 487 g/mol. The van der Waals surface area contributed by atoms with Gasteiger partial charge < -0.3 is 20.5 Å². The Hall–Kier alpha value is -4.39. The predicted molar refractivity (Wildman–Crippen MR) is 137 cm³/mol. The van der Waals surface area contributed by atoms with Crippen molar-refractivity contribution in [1.29, 1.82) is 5.26 Å². The minimum atomic E-state index is -0.550. The normalized spacial score (nSPS) is 13.7. The molecule has 0 atom stereocenters. The van der Waals surface area contributed by atoms with Gasteiger partial charge in [-0.25, -0.2) is 9.78 Å². The number of aryl methyl sites for hydroxylation is 1. The van der Waals surface area contributed by atoms with Crippen LogP contribution in [0, 0.1) is 17.2 Å². The van der Waals surface area contributed by atoms with E-state index in [1.165, 1.54) is 6.42 Å². The van der Waals surface area contributed by atoms with Crippen LogP contribution in [-0.2, 0) is 16.1 Å². The van der Waals surface area contributed by atoms with Gasteiger partial charge in [-0.05, 0) is 49.2 Å². The van der Waals surface area contributed by atoms with Crippen LogP contribution in [0.3, 0.4) is 0 Å². The Kier molecular flexibility index (Phi) is 7.49. The van der Waals surface area contributed by atoms with E-state index in [9.17, 15) is 14.4 Å². The van der Waals surface area contributed by atoms with Gasteiger partial charge in [-0.2, -0.15) is 5.26 Å². The third kappa shape index (κ3) is 5.63. The third-order valence-electron chi connectivity index (χ3n) is 6.46. The molecule has 4 amide bonds. The smallest absolute Gasteiger partial charge is 0.326 e. The lowest BCUT2D eigenvalue weighted by Crippen LogP contribution is -2.33. The Balaban J connectivity index is 1.59. The number of rotatable bonds is 7. The quantitative estimate of drug-likeness (QED) is 0.461. The number of nitrogens with two attached hydrogens (primary N) is 1. The molecule has 0 unspecified atom stereocenters. The highest BCUT2D eigenvalue weighted by molar-refractivity contribution is 6.00. The number of urea groups is 1. The van der Waals surface area contributed by atoms with E-state index in [0.29, 0.717) is 28.0 Å². The van der Waals surface area contributed by atoms with E-state index in [1.807, 2.05) is 18.2 Å².